The lowest BCUT2D eigenvalue weighted by atomic mass is 10.0. The maximum Gasteiger partial charge on any atom is 0.260 e. The molecular formula is C27H21ClN2O3S. The van der Waals surface area contributed by atoms with Crippen LogP contribution in [0.25, 0.3) is 10.2 Å². The van der Waals surface area contributed by atoms with Gasteiger partial charge in [-0.2, -0.15) is 0 Å². The number of ether oxygens (including phenoxy) is 1. The first kappa shape index (κ1) is 22.2. The number of hydrogen-bond donors (Lipinski definition) is 0. The molecule has 170 valence electrons. The van der Waals surface area contributed by atoms with Gasteiger partial charge in [-0.05, 0) is 53.9 Å². The molecule has 0 bridgehead atoms. The summed E-state index contributed by atoms with van der Waals surface area (Å²) in [5.41, 5.74) is 3.56. The Bertz CT molecular complexity index is 1410. The number of rotatable bonds is 7. The molecule has 34 heavy (non-hydrogen) atoms. The normalized spacial score (nSPS) is 11.0. The van der Waals surface area contributed by atoms with E-state index >= 15 is 0 Å². The SMILES string of the molecule is COc1ccc(Cl)c2sc(N(Cc3ccco3)C(=O)c3ccc(Cc4ccccc4)cc3)nc12. The van der Waals surface area contributed by atoms with Crippen molar-refractivity contribution in [3.63, 3.8) is 0 Å². The van der Waals surface area contributed by atoms with Gasteiger partial charge in [0.2, 0.25) is 0 Å². The zero-order chi connectivity index (χ0) is 23.5. The lowest BCUT2D eigenvalue weighted by molar-refractivity contribution is 0.0983. The molecule has 0 radical (unpaired) electrons. The number of amides is 1. The van der Waals surface area contributed by atoms with Gasteiger partial charge in [0.1, 0.15) is 17.0 Å². The number of benzene rings is 3. The molecule has 0 atom stereocenters. The number of anilines is 1. The molecule has 0 spiro atoms. The van der Waals surface area contributed by atoms with E-state index in [1.807, 2.05) is 48.5 Å². The smallest absolute Gasteiger partial charge is 0.260 e. The van der Waals surface area contributed by atoms with Crippen LogP contribution in [0.4, 0.5) is 5.13 Å². The van der Waals surface area contributed by atoms with E-state index in [0.29, 0.717) is 32.7 Å². The zero-order valence-corrected chi connectivity index (χ0v) is 20.0. The van der Waals surface area contributed by atoms with Crippen molar-refractivity contribution in [3.05, 3.63) is 113 Å². The van der Waals surface area contributed by atoms with Crippen molar-refractivity contribution in [2.24, 2.45) is 0 Å². The Balaban J connectivity index is 1.48. The topological polar surface area (TPSA) is 55.6 Å². The minimum Gasteiger partial charge on any atom is -0.494 e. The standard InChI is InChI=1S/C27H21ClN2O3S/c1-32-23-14-13-22(28)25-24(23)29-27(34-25)30(17-21-8-5-15-33-21)26(31)20-11-9-19(10-12-20)16-18-6-3-2-4-7-18/h2-15H,16-17H2,1H3. The molecule has 0 fully saturated rings. The minimum absolute atomic E-state index is 0.170. The van der Waals surface area contributed by atoms with E-state index in [0.717, 1.165) is 16.7 Å². The predicted octanol–water partition coefficient (Wildman–Crippen LogP) is 6.99. The molecule has 1 amide bonds. The summed E-state index contributed by atoms with van der Waals surface area (Å²) in [4.78, 5) is 20.0. The van der Waals surface area contributed by atoms with Crippen molar-refractivity contribution in [2.45, 2.75) is 13.0 Å². The number of thiazole rings is 1. The quantitative estimate of drug-likeness (QED) is 0.248. The second kappa shape index (κ2) is 9.71. The highest BCUT2D eigenvalue weighted by atomic mass is 35.5. The number of hydrogen-bond acceptors (Lipinski definition) is 5. The molecule has 2 aromatic heterocycles. The fraction of sp³-hybridized carbons (Fsp3) is 0.111. The van der Waals surface area contributed by atoms with Crippen LogP contribution in [0.2, 0.25) is 5.02 Å². The summed E-state index contributed by atoms with van der Waals surface area (Å²) in [6, 6.07) is 25.1. The Morgan fingerprint density at radius 2 is 1.76 bits per heavy atom. The minimum atomic E-state index is -0.170. The Morgan fingerprint density at radius 1 is 1.00 bits per heavy atom. The van der Waals surface area contributed by atoms with Crippen LogP contribution in [0.1, 0.15) is 27.2 Å². The number of fused-ring (bicyclic) bond motifs is 1. The van der Waals surface area contributed by atoms with Crippen LogP contribution < -0.4 is 9.64 Å². The third kappa shape index (κ3) is 4.55. The van der Waals surface area contributed by atoms with E-state index in [2.05, 4.69) is 12.1 Å². The molecule has 5 nitrogen and oxygen atoms in total. The number of halogens is 1. The molecule has 0 saturated heterocycles. The summed E-state index contributed by atoms with van der Waals surface area (Å²) in [5.74, 6) is 1.10. The highest BCUT2D eigenvalue weighted by Crippen LogP contribution is 2.39. The molecule has 0 aliphatic heterocycles. The zero-order valence-electron chi connectivity index (χ0n) is 18.4. The lowest BCUT2D eigenvalue weighted by Crippen LogP contribution is -2.30. The van der Waals surface area contributed by atoms with Gasteiger partial charge in [-0.25, -0.2) is 4.98 Å². The third-order valence-corrected chi connectivity index (χ3v) is 7.03. The van der Waals surface area contributed by atoms with Gasteiger partial charge in [0.25, 0.3) is 5.91 Å². The highest BCUT2D eigenvalue weighted by molar-refractivity contribution is 7.23. The van der Waals surface area contributed by atoms with Crippen LogP contribution in [0.5, 0.6) is 5.75 Å². The molecule has 5 aromatic rings. The number of methoxy groups -OCH3 is 1. The van der Waals surface area contributed by atoms with Crippen LogP contribution in [0, 0.1) is 0 Å². The summed E-state index contributed by atoms with van der Waals surface area (Å²) in [6.07, 6.45) is 2.40. The number of carbonyl (C=O) groups excluding carboxylic acids is 1. The molecule has 0 aliphatic rings. The number of carbonyl (C=O) groups is 1. The maximum absolute atomic E-state index is 13.6. The first-order chi connectivity index (χ1) is 16.6. The Morgan fingerprint density at radius 3 is 2.47 bits per heavy atom. The van der Waals surface area contributed by atoms with Crippen molar-refractivity contribution in [1.29, 1.82) is 0 Å². The van der Waals surface area contributed by atoms with E-state index < -0.39 is 0 Å². The highest BCUT2D eigenvalue weighted by Gasteiger charge is 2.24. The van der Waals surface area contributed by atoms with Crippen molar-refractivity contribution in [3.8, 4) is 5.75 Å². The van der Waals surface area contributed by atoms with E-state index in [4.69, 9.17) is 25.7 Å². The molecule has 7 heteroatoms. The van der Waals surface area contributed by atoms with Crippen molar-refractivity contribution < 1.29 is 13.9 Å². The van der Waals surface area contributed by atoms with E-state index in [1.54, 1.807) is 36.5 Å². The van der Waals surface area contributed by atoms with Crippen LogP contribution >= 0.6 is 22.9 Å². The summed E-state index contributed by atoms with van der Waals surface area (Å²) in [7, 11) is 1.59. The summed E-state index contributed by atoms with van der Waals surface area (Å²) >= 11 is 7.77. The lowest BCUT2D eigenvalue weighted by Gasteiger charge is -2.19. The van der Waals surface area contributed by atoms with Crippen molar-refractivity contribution in [1.82, 2.24) is 4.98 Å². The van der Waals surface area contributed by atoms with Gasteiger partial charge >= 0.3 is 0 Å². The molecule has 0 aliphatic carbocycles. The monoisotopic (exact) mass is 488 g/mol. The van der Waals surface area contributed by atoms with Gasteiger partial charge in [0, 0.05) is 5.56 Å². The van der Waals surface area contributed by atoms with Crippen molar-refractivity contribution >= 4 is 44.2 Å². The fourth-order valence-electron chi connectivity index (χ4n) is 3.76. The van der Waals surface area contributed by atoms with E-state index in [-0.39, 0.29) is 12.5 Å². The van der Waals surface area contributed by atoms with Gasteiger partial charge in [0.15, 0.2) is 5.13 Å². The van der Waals surface area contributed by atoms with Gasteiger partial charge < -0.3 is 9.15 Å². The average Bonchev–Trinajstić information content (AvgIpc) is 3.54. The van der Waals surface area contributed by atoms with Gasteiger partial charge in [-0.3, -0.25) is 9.69 Å². The second-order valence-electron chi connectivity index (χ2n) is 7.75. The molecule has 5 rings (SSSR count). The second-order valence-corrected chi connectivity index (χ2v) is 9.14. The van der Waals surface area contributed by atoms with Crippen molar-refractivity contribution in [2.75, 3.05) is 12.0 Å². The van der Waals surface area contributed by atoms with Gasteiger partial charge in [-0.15, -0.1) is 0 Å². The largest absolute Gasteiger partial charge is 0.494 e. The third-order valence-electron chi connectivity index (χ3n) is 5.49. The summed E-state index contributed by atoms with van der Waals surface area (Å²) < 4.78 is 11.8. The number of furan rings is 1. The first-order valence-corrected chi connectivity index (χ1v) is 11.9. The molecule has 2 heterocycles. The van der Waals surface area contributed by atoms with E-state index in [9.17, 15) is 4.79 Å². The maximum atomic E-state index is 13.6. The Kier molecular flexibility index (Phi) is 6.34. The van der Waals surface area contributed by atoms with Crippen LogP contribution in [0.15, 0.2) is 89.5 Å². The Labute approximate surface area is 206 Å². The summed E-state index contributed by atoms with van der Waals surface area (Å²) in [6.45, 7) is 0.247. The van der Waals surface area contributed by atoms with Crippen LogP contribution in [0.3, 0.4) is 0 Å². The average molecular weight is 489 g/mol. The van der Waals surface area contributed by atoms with Crippen LogP contribution in [-0.4, -0.2) is 18.0 Å². The number of nitrogens with zero attached hydrogens (tertiary/aromatic N) is 2. The Hall–Kier alpha value is -3.61. The molecular weight excluding hydrogens is 468 g/mol. The molecule has 0 unspecified atom stereocenters. The van der Waals surface area contributed by atoms with E-state index in [1.165, 1.54) is 16.9 Å². The molecule has 0 N–H and O–H groups in total. The molecule has 0 saturated carbocycles. The van der Waals surface area contributed by atoms with Gasteiger partial charge in [-0.1, -0.05) is 65.4 Å². The first-order valence-electron chi connectivity index (χ1n) is 10.7. The summed E-state index contributed by atoms with van der Waals surface area (Å²) in [5, 5.41) is 1.09. The van der Waals surface area contributed by atoms with Crippen LogP contribution in [-0.2, 0) is 13.0 Å². The predicted molar refractivity (Wildman–Crippen MR) is 136 cm³/mol. The fourth-order valence-corrected chi connectivity index (χ4v) is 5.01. The number of aromatic nitrogens is 1. The van der Waals surface area contributed by atoms with Gasteiger partial charge in [0.05, 0.1) is 29.6 Å². The molecule has 3 aromatic carbocycles.